The SMILES string of the molecule is CC(C)=CCCC(=O)CP(=O)(O)O. The van der Waals surface area contributed by atoms with Gasteiger partial charge in [-0.2, -0.15) is 0 Å². The summed E-state index contributed by atoms with van der Waals surface area (Å²) in [5, 5.41) is 0. The van der Waals surface area contributed by atoms with Crippen molar-refractivity contribution in [2.45, 2.75) is 26.7 Å². The highest BCUT2D eigenvalue weighted by molar-refractivity contribution is 7.52. The lowest BCUT2D eigenvalue weighted by atomic mass is 10.2. The van der Waals surface area contributed by atoms with Crippen molar-refractivity contribution in [3.8, 4) is 0 Å². The molecule has 0 bridgehead atoms. The molecule has 0 saturated heterocycles. The van der Waals surface area contributed by atoms with Gasteiger partial charge in [0.15, 0.2) is 0 Å². The Labute approximate surface area is 77.8 Å². The monoisotopic (exact) mass is 206 g/mol. The van der Waals surface area contributed by atoms with Crippen LogP contribution in [0.2, 0.25) is 0 Å². The van der Waals surface area contributed by atoms with Crippen LogP contribution >= 0.6 is 7.60 Å². The second-order valence-electron chi connectivity index (χ2n) is 3.18. The molecule has 0 amide bonds. The molecule has 0 aliphatic carbocycles. The molecular weight excluding hydrogens is 191 g/mol. The quantitative estimate of drug-likeness (QED) is 0.527. The molecule has 5 heteroatoms. The highest BCUT2D eigenvalue weighted by atomic mass is 31.2. The molecule has 0 saturated carbocycles. The fraction of sp³-hybridized carbons (Fsp3) is 0.625. The van der Waals surface area contributed by atoms with Gasteiger partial charge in [-0.05, 0) is 20.3 Å². The lowest BCUT2D eigenvalue weighted by Gasteiger charge is -2.01. The molecule has 0 aromatic rings. The number of carbonyl (C=O) groups excluding carboxylic acids is 1. The first kappa shape index (κ1) is 12.6. The summed E-state index contributed by atoms with van der Waals surface area (Å²) in [6, 6.07) is 0. The number of allylic oxidation sites excluding steroid dienone is 2. The molecule has 0 atom stereocenters. The van der Waals surface area contributed by atoms with Gasteiger partial charge in [0.25, 0.3) is 0 Å². The van der Waals surface area contributed by atoms with E-state index in [9.17, 15) is 9.36 Å². The zero-order valence-electron chi connectivity index (χ0n) is 7.86. The fourth-order valence-electron chi connectivity index (χ4n) is 0.831. The van der Waals surface area contributed by atoms with E-state index in [0.717, 1.165) is 5.57 Å². The summed E-state index contributed by atoms with van der Waals surface area (Å²) in [6.07, 6.45) is 2.00. The number of carbonyl (C=O) groups is 1. The maximum atomic E-state index is 10.9. The Morgan fingerprint density at radius 3 is 2.31 bits per heavy atom. The minimum atomic E-state index is -4.16. The lowest BCUT2D eigenvalue weighted by Crippen LogP contribution is -2.04. The molecule has 2 N–H and O–H groups in total. The predicted octanol–water partition coefficient (Wildman–Crippen LogP) is 1.48. The molecule has 0 aliphatic rings. The number of ketones is 1. The first-order chi connectivity index (χ1) is 5.81. The first-order valence-electron chi connectivity index (χ1n) is 4.01. The van der Waals surface area contributed by atoms with Crippen LogP contribution in [0, 0.1) is 0 Å². The maximum Gasteiger partial charge on any atom is 0.332 e. The van der Waals surface area contributed by atoms with Crippen LogP contribution in [0.1, 0.15) is 26.7 Å². The van der Waals surface area contributed by atoms with E-state index in [4.69, 9.17) is 9.79 Å². The molecule has 4 nitrogen and oxygen atoms in total. The zero-order valence-corrected chi connectivity index (χ0v) is 8.75. The smallest absolute Gasteiger partial charge is 0.324 e. The van der Waals surface area contributed by atoms with Crippen molar-refractivity contribution in [2.24, 2.45) is 0 Å². The summed E-state index contributed by atoms with van der Waals surface area (Å²) >= 11 is 0. The second-order valence-corrected chi connectivity index (χ2v) is 4.83. The Kier molecular flexibility index (Phi) is 5.14. The molecule has 0 radical (unpaired) electrons. The highest BCUT2D eigenvalue weighted by Crippen LogP contribution is 2.34. The largest absolute Gasteiger partial charge is 0.332 e. The van der Waals surface area contributed by atoms with Crippen LogP contribution in [0.25, 0.3) is 0 Å². The second kappa shape index (κ2) is 5.32. The van der Waals surface area contributed by atoms with Gasteiger partial charge in [-0.25, -0.2) is 0 Å². The van der Waals surface area contributed by atoms with Gasteiger partial charge < -0.3 is 9.79 Å². The Bertz CT molecular complexity index is 247. The van der Waals surface area contributed by atoms with Gasteiger partial charge in [0.05, 0.1) is 0 Å². The Morgan fingerprint density at radius 2 is 1.92 bits per heavy atom. The summed E-state index contributed by atoms with van der Waals surface area (Å²) in [5.41, 5.74) is 1.10. The third kappa shape index (κ3) is 9.47. The molecular formula is C8H15O4P. The Morgan fingerprint density at radius 1 is 1.38 bits per heavy atom. The van der Waals surface area contributed by atoms with Crippen molar-refractivity contribution in [1.82, 2.24) is 0 Å². The van der Waals surface area contributed by atoms with Gasteiger partial charge in [-0.15, -0.1) is 0 Å². The molecule has 0 aromatic heterocycles. The number of hydrogen-bond acceptors (Lipinski definition) is 2. The van der Waals surface area contributed by atoms with Gasteiger partial charge in [-0.3, -0.25) is 9.36 Å². The van der Waals surface area contributed by atoms with Crippen LogP contribution in [0.5, 0.6) is 0 Å². The topological polar surface area (TPSA) is 74.6 Å². The Hall–Kier alpha value is -0.440. The maximum absolute atomic E-state index is 10.9. The molecule has 0 aromatic carbocycles. The van der Waals surface area contributed by atoms with E-state index < -0.39 is 13.8 Å². The van der Waals surface area contributed by atoms with Crippen molar-refractivity contribution in [3.05, 3.63) is 11.6 Å². The Balaban J connectivity index is 3.78. The molecule has 0 rings (SSSR count). The third-order valence-corrected chi connectivity index (χ3v) is 2.12. The standard InChI is InChI=1S/C8H15O4P/c1-7(2)4-3-5-8(9)6-13(10,11)12/h4H,3,5-6H2,1-2H3,(H2,10,11,12). The van der Waals surface area contributed by atoms with E-state index in [1.165, 1.54) is 0 Å². The van der Waals surface area contributed by atoms with Crippen LogP contribution in [-0.2, 0) is 9.36 Å². The van der Waals surface area contributed by atoms with Gasteiger partial charge in [0.1, 0.15) is 11.9 Å². The van der Waals surface area contributed by atoms with Crippen molar-refractivity contribution < 1.29 is 19.1 Å². The summed E-state index contributed by atoms with van der Waals surface area (Å²) in [6.45, 7) is 3.82. The summed E-state index contributed by atoms with van der Waals surface area (Å²) < 4.78 is 10.4. The van der Waals surface area contributed by atoms with Gasteiger partial charge in [0, 0.05) is 6.42 Å². The highest BCUT2D eigenvalue weighted by Gasteiger charge is 2.17. The number of rotatable bonds is 5. The van der Waals surface area contributed by atoms with Crippen molar-refractivity contribution in [1.29, 1.82) is 0 Å². The van der Waals surface area contributed by atoms with Crippen molar-refractivity contribution in [3.63, 3.8) is 0 Å². The predicted molar refractivity (Wildman–Crippen MR) is 50.6 cm³/mol. The fourth-order valence-corrected chi connectivity index (χ4v) is 1.45. The molecule has 0 heterocycles. The average Bonchev–Trinajstić information content (AvgIpc) is 1.81. The van der Waals surface area contributed by atoms with E-state index in [-0.39, 0.29) is 12.2 Å². The van der Waals surface area contributed by atoms with Gasteiger partial charge in [0.2, 0.25) is 0 Å². The summed E-state index contributed by atoms with van der Waals surface area (Å²) in [4.78, 5) is 27.9. The third-order valence-electron chi connectivity index (χ3n) is 1.36. The minimum Gasteiger partial charge on any atom is -0.324 e. The molecule has 13 heavy (non-hydrogen) atoms. The molecule has 0 aliphatic heterocycles. The molecule has 0 fully saturated rings. The summed E-state index contributed by atoms with van der Waals surface area (Å²) in [5.74, 6) is -0.383. The van der Waals surface area contributed by atoms with E-state index >= 15 is 0 Å². The minimum absolute atomic E-state index is 0.205. The number of hydrogen-bond donors (Lipinski definition) is 2. The molecule has 0 unspecified atom stereocenters. The van der Waals surface area contributed by atoms with Crippen molar-refractivity contribution >= 4 is 13.4 Å². The van der Waals surface area contributed by atoms with Crippen LogP contribution in [0.15, 0.2) is 11.6 Å². The van der Waals surface area contributed by atoms with Crippen LogP contribution in [0.4, 0.5) is 0 Å². The molecule has 0 spiro atoms. The van der Waals surface area contributed by atoms with Crippen LogP contribution < -0.4 is 0 Å². The van der Waals surface area contributed by atoms with E-state index in [1.807, 2.05) is 19.9 Å². The van der Waals surface area contributed by atoms with Gasteiger partial charge >= 0.3 is 7.60 Å². The zero-order chi connectivity index (χ0) is 10.5. The van der Waals surface area contributed by atoms with Crippen LogP contribution in [0.3, 0.4) is 0 Å². The van der Waals surface area contributed by atoms with E-state index in [2.05, 4.69) is 0 Å². The normalized spacial score (nSPS) is 11.1. The van der Waals surface area contributed by atoms with E-state index in [0.29, 0.717) is 6.42 Å². The van der Waals surface area contributed by atoms with Gasteiger partial charge in [-0.1, -0.05) is 11.6 Å². The van der Waals surface area contributed by atoms with Crippen LogP contribution in [-0.4, -0.2) is 21.7 Å². The summed E-state index contributed by atoms with van der Waals surface area (Å²) in [7, 11) is -4.16. The lowest BCUT2D eigenvalue weighted by molar-refractivity contribution is -0.116. The van der Waals surface area contributed by atoms with Crippen molar-refractivity contribution in [2.75, 3.05) is 6.16 Å². The van der Waals surface area contributed by atoms with E-state index in [1.54, 1.807) is 0 Å². The first-order valence-corrected chi connectivity index (χ1v) is 5.80. The average molecular weight is 206 g/mol. The molecule has 76 valence electrons. The number of Topliss-reactive ketones (excluding diaryl/α,β-unsaturated/α-hetero) is 1.